The van der Waals surface area contributed by atoms with Gasteiger partial charge < -0.3 is 14.6 Å². The molecule has 0 aliphatic rings. The van der Waals surface area contributed by atoms with Gasteiger partial charge >= 0.3 is 0 Å². The van der Waals surface area contributed by atoms with Crippen molar-refractivity contribution in [3.63, 3.8) is 0 Å². The quantitative estimate of drug-likeness (QED) is 0.550. The second kappa shape index (κ2) is 9.77. The minimum Gasteiger partial charge on any atom is -0.391 e. The van der Waals surface area contributed by atoms with E-state index in [0.29, 0.717) is 6.61 Å². The van der Waals surface area contributed by atoms with Crippen molar-refractivity contribution in [3.8, 4) is 0 Å². The summed E-state index contributed by atoms with van der Waals surface area (Å²) in [6.07, 6.45) is -0.324. The summed E-state index contributed by atoms with van der Waals surface area (Å²) in [5, 5.41) is 8.43. The molecular weight excluding hydrogens is 108 g/mol. The Morgan fingerprint density at radius 1 is 1.75 bits per heavy atom. The maximum Gasteiger partial charge on any atom is 0.106 e. The molecule has 50 valence electrons. The van der Waals surface area contributed by atoms with Crippen molar-refractivity contribution in [3.05, 3.63) is 0 Å². The molecule has 0 aliphatic carbocycles. The van der Waals surface area contributed by atoms with E-state index in [1.807, 2.05) is 6.79 Å². The van der Waals surface area contributed by atoms with Gasteiger partial charge in [-0.15, -0.1) is 0 Å². The van der Waals surface area contributed by atoms with E-state index < -0.39 is 0 Å². The highest BCUT2D eigenvalue weighted by Crippen LogP contribution is 1.75. The van der Waals surface area contributed by atoms with E-state index >= 15 is 0 Å². The summed E-state index contributed by atoms with van der Waals surface area (Å²) >= 11 is 0. The van der Waals surface area contributed by atoms with Crippen molar-refractivity contribution >= 4 is 6.79 Å². The van der Waals surface area contributed by atoms with E-state index in [-0.39, 0.29) is 6.10 Å². The van der Waals surface area contributed by atoms with Gasteiger partial charge in [0.1, 0.15) is 6.79 Å². The average molecular weight is 120 g/mol. The van der Waals surface area contributed by atoms with Gasteiger partial charge in [0, 0.05) is 7.11 Å². The topological polar surface area (TPSA) is 46.5 Å². The van der Waals surface area contributed by atoms with Gasteiger partial charge in [-0.05, 0) is 6.92 Å². The third-order valence-corrected chi connectivity index (χ3v) is 0.408. The lowest BCUT2D eigenvalue weighted by Gasteiger charge is -1.97. The van der Waals surface area contributed by atoms with Crippen LogP contribution in [0.2, 0.25) is 0 Å². The molecule has 0 rings (SSSR count). The molecule has 1 atom stereocenters. The second-order valence-electron chi connectivity index (χ2n) is 1.30. The van der Waals surface area contributed by atoms with Crippen molar-refractivity contribution in [1.82, 2.24) is 0 Å². The Hall–Kier alpha value is -0.410. The number of ether oxygens (including phenoxy) is 1. The summed E-state index contributed by atoms with van der Waals surface area (Å²) < 4.78 is 4.55. The number of carbonyl (C=O) groups excluding carboxylic acids is 1. The minimum absolute atomic E-state index is 0.324. The Balaban J connectivity index is 0. The van der Waals surface area contributed by atoms with Crippen LogP contribution in [0, 0.1) is 0 Å². The molecule has 0 aromatic carbocycles. The monoisotopic (exact) mass is 120 g/mol. The van der Waals surface area contributed by atoms with E-state index in [2.05, 4.69) is 4.74 Å². The van der Waals surface area contributed by atoms with Crippen LogP contribution in [-0.4, -0.2) is 31.7 Å². The Labute approximate surface area is 49.3 Å². The van der Waals surface area contributed by atoms with Crippen LogP contribution in [0.4, 0.5) is 0 Å². The van der Waals surface area contributed by atoms with Gasteiger partial charge in [0.2, 0.25) is 0 Å². The van der Waals surface area contributed by atoms with Crippen LogP contribution in [0.3, 0.4) is 0 Å². The summed E-state index contributed by atoms with van der Waals surface area (Å²) in [6, 6.07) is 0. The van der Waals surface area contributed by atoms with Crippen LogP contribution in [0.25, 0.3) is 0 Å². The number of carbonyl (C=O) groups is 1. The Bertz CT molecular complexity index is 36.7. The van der Waals surface area contributed by atoms with Crippen LogP contribution in [0.15, 0.2) is 0 Å². The zero-order valence-electron chi connectivity index (χ0n) is 5.26. The molecule has 0 heterocycles. The lowest BCUT2D eigenvalue weighted by Crippen LogP contribution is -2.07. The fourth-order valence-electron chi connectivity index (χ4n) is 0.241. The smallest absolute Gasteiger partial charge is 0.106 e. The van der Waals surface area contributed by atoms with Gasteiger partial charge in [-0.2, -0.15) is 0 Å². The average Bonchev–Trinajstić information content (AvgIpc) is 1.72. The molecule has 0 spiro atoms. The SMILES string of the molecule is C=O.COCC(C)O. The zero-order chi connectivity index (χ0) is 6.99. The van der Waals surface area contributed by atoms with Crippen molar-refractivity contribution in [2.45, 2.75) is 13.0 Å². The van der Waals surface area contributed by atoms with Crippen molar-refractivity contribution in [2.75, 3.05) is 13.7 Å². The molecule has 0 aliphatic heterocycles. The molecule has 3 nitrogen and oxygen atoms in total. The highest BCUT2D eigenvalue weighted by Gasteiger charge is 1.87. The van der Waals surface area contributed by atoms with Crippen LogP contribution in [-0.2, 0) is 9.53 Å². The first-order chi connectivity index (χ1) is 3.77. The van der Waals surface area contributed by atoms with Gasteiger partial charge in [0.05, 0.1) is 12.7 Å². The molecule has 0 amide bonds. The van der Waals surface area contributed by atoms with E-state index in [4.69, 9.17) is 9.90 Å². The summed E-state index contributed by atoms with van der Waals surface area (Å²) in [5.41, 5.74) is 0. The molecule has 1 unspecified atom stereocenters. The van der Waals surface area contributed by atoms with Gasteiger partial charge in [0.15, 0.2) is 0 Å². The standard InChI is InChI=1S/C4H10O2.CH2O/c1-4(5)3-6-2;1-2/h4-5H,3H2,1-2H3;1H2. The maximum absolute atomic E-state index is 8.43. The van der Waals surface area contributed by atoms with Crippen molar-refractivity contribution in [2.24, 2.45) is 0 Å². The zero-order valence-corrected chi connectivity index (χ0v) is 5.26. The number of hydrogen-bond acceptors (Lipinski definition) is 3. The lowest BCUT2D eigenvalue weighted by molar-refractivity contribution is -0.0979. The predicted molar refractivity (Wildman–Crippen MR) is 30.7 cm³/mol. The molecule has 0 radical (unpaired) electrons. The Kier molecular flexibility index (Phi) is 12.9. The Morgan fingerprint density at radius 3 is 2.12 bits per heavy atom. The summed E-state index contributed by atoms with van der Waals surface area (Å²) in [4.78, 5) is 8.00. The van der Waals surface area contributed by atoms with Crippen LogP contribution in [0.1, 0.15) is 6.92 Å². The predicted octanol–water partition coefficient (Wildman–Crippen LogP) is -0.171. The van der Waals surface area contributed by atoms with Gasteiger partial charge in [-0.3, -0.25) is 0 Å². The third kappa shape index (κ3) is 17.6. The first-order valence-corrected chi connectivity index (χ1v) is 2.23. The van der Waals surface area contributed by atoms with E-state index in [9.17, 15) is 0 Å². The number of hydrogen-bond donors (Lipinski definition) is 1. The van der Waals surface area contributed by atoms with Gasteiger partial charge in [-0.1, -0.05) is 0 Å². The summed E-state index contributed by atoms with van der Waals surface area (Å²) in [6.45, 7) is 4.11. The van der Waals surface area contributed by atoms with E-state index in [0.717, 1.165) is 0 Å². The molecule has 0 aromatic heterocycles. The van der Waals surface area contributed by atoms with Crippen LogP contribution < -0.4 is 0 Å². The highest BCUT2D eigenvalue weighted by molar-refractivity contribution is 5.10. The van der Waals surface area contributed by atoms with Crippen LogP contribution in [0.5, 0.6) is 0 Å². The molecule has 0 fully saturated rings. The highest BCUT2D eigenvalue weighted by atomic mass is 16.5. The maximum atomic E-state index is 8.43. The number of aliphatic hydroxyl groups is 1. The summed E-state index contributed by atoms with van der Waals surface area (Å²) in [5.74, 6) is 0. The molecule has 3 heteroatoms. The molecule has 0 aromatic rings. The normalized spacial score (nSPS) is 11.4. The van der Waals surface area contributed by atoms with Crippen LogP contribution >= 0.6 is 0 Å². The van der Waals surface area contributed by atoms with Crippen molar-refractivity contribution in [1.29, 1.82) is 0 Å². The van der Waals surface area contributed by atoms with Crippen molar-refractivity contribution < 1.29 is 14.6 Å². The molecule has 1 N–H and O–H groups in total. The summed E-state index contributed by atoms with van der Waals surface area (Å²) in [7, 11) is 1.56. The molecule has 0 bridgehead atoms. The molecule has 8 heavy (non-hydrogen) atoms. The largest absolute Gasteiger partial charge is 0.391 e. The van der Waals surface area contributed by atoms with Gasteiger partial charge in [0.25, 0.3) is 0 Å². The molecule has 0 saturated heterocycles. The third-order valence-electron chi connectivity index (χ3n) is 0.408. The minimum atomic E-state index is -0.324. The fourth-order valence-corrected chi connectivity index (χ4v) is 0.241. The molecular formula is C5H12O3. The lowest BCUT2D eigenvalue weighted by atomic mass is 10.5. The Morgan fingerprint density at radius 2 is 2.12 bits per heavy atom. The molecule has 0 saturated carbocycles. The first-order valence-electron chi connectivity index (χ1n) is 2.23. The van der Waals surface area contributed by atoms with Gasteiger partial charge in [-0.25, -0.2) is 0 Å². The van der Waals surface area contributed by atoms with E-state index in [1.54, 1.807) is 14.0 Å². The number of rotatable bonds is 2. The fraction of sp³-hybridized carbons (Fsp3) is 0.800. The number of methoxy groups -OCH3 is 1. The first kappa shape index (κ1) is 10.5. The van der Waals surface area contributed by atoms with E-state index in [1.165, 1.54) is 0 Å². The number of aliphatic hydroxyl groups excluding tert-OH is 1. The second-order valence-corrected chi connectivity index (χ2v) is 1.30.